The van der Waals surface area contributed by atoms with Crippen molar-refractivity contribution >= 4 is 76.1 Å². The smallest absolute Gasteiger partial charge is 0.382 e. The zero-order chi connectivity index (χ0) is 41.9. The summed E-state index contributed by atoms with van der Waals surface area (Å²) in [5.74, 6) is -1.47. The summed E-state index contributed by atoms with van der Waals surface area (Å²) in [6, 6.07) is 0. The monoisotopic (exact) mass is 891 g/mol. The van der Waals surface area contributed by atoms with E-state index >= 15 is 8.78 Å². The normalized spacial score (nSPS) is 32.4. The number of carbonyl (C=O) groups is 2. The predicted molar refractivity (Wildman–Crippen MR) is 206 cm³/mol. The van der Waals surface area contributed by atoms with Crippen LogP contribution in [0.2, 0.25) is 0 Å². The molecule has 0 amide bonds. The number of aromatic nitrogens is 8. The molecule has 6 unspecified atom stereocenters. The molecule has 3 aliphatic rings. The van der Waals surface area contributed by atoms with Crippen LogP contribution in [0.3, 0.4) is 0 Å². The number of nitrogens with one attached hydrogen (secondary N) is 1. The summed E-state index contributed by atoms with van der Waals surface area (Å²) in [6.07, 6.45) is -9.58. The number of halogens is 2. The van der Waals surface area contributed by atoms with Crippen LogP contribution in [0.15, 0.2) is 30.1 Å². The Morgan fingerprint density at radius 2 is 1.26 bits per heavy atom. The molecule has 4 aromatic heterocycles. The lowest BCUT2D eigenvalue weighted by Gasteiger charge is -2.30. The number of nitrogens with two attached hydrogens (primary N) is 1. The Bertz CT molecular complexity index is 2370. The van der Waals surface area contributed by atoms with Crippen molar-refractivity contribution in [1.29, 1.82) is 0 Å². The Labute approximate surface area is 337 Å². The van der Waals surface area contributed by atoms with E-state index in [4.69, 9.17) is 33.3 Å². The molecular formula is C32H41F2N9O11P2S2. The summed E-state index contributed by atoms with van der Waals surface area (Å²) in [5, 5.41) is 0. The van der Waals surface area contributed by atoms with Crippen molar-refractivity contribution in [2.45, 2.75) is 90.8 Å². The Kier molecular flexibility index (Phi) is 11.9. The van der Waals surface area contributed by atoms with Gasteiger partial charge in [-0.2, -0.15) is 0 Å². The van der Waals surface area contributed by atoms with E-state index in [1.165, 1.54) is 10.9 Å². The molecule has 3 fully saturated rings. The summed E-state index contributed by atoms with van der Waals surface area (Å²) in [6.45, 7) is -0.863. The first-order chi connectivity index (χ1) is 27.2. The number of rotatable bonds is 8. The zero-order valence-electron chi connectivity index (χ0n) is 31.9. The fourth-order valence-corrected chi connectivity index (χ4v) is 13.0. The molecule has 3 N–H and O–H groups in total. The average Bonchev–Trinajstić information content (AvgIpc) is 3.92. The van der Waals surface area contributed by atoms with Crippen LogP contribution in [-0.2, 0) is 46.3 Å². The van der Waals surface area contributed by atoms with Gasteiger partial charge in [-0.1, -0.05) is 41.5 Å². The molecule has 316 valence electrons. The summed E-state index contributed by atoms with van der Waals surface area (Å²) in [4.78, 5) is 61.2. The molecule has 26 heteroatoms. The lowest BCUT2D eigenvalue weighted by atomic mass is 9.92. The first-order valence-electron chi connectivity index (χ1n) is 17.8. The molecule has 0 saturated carbocycles. The van der Waals surface area contributed by atoms with Crippen molar-refractivity contribution in [3.05, 3.63) is 35.7 Å². The highest BCUT2D eigenvalue weighted by molar-refractivity contribution is 8.55. The zero-order valence-corrected chi connectivity index (χ0v) is 35.3. The van der Waals surface area contributed by atoms with Crippen molar-refractivity contribution in [1.82, 2.24) is 39.0 Å². The molecule has 7 heterocycles. The molecule has 3 aliphatic heterocycles. The van der Waals surface area contributed by atoms with Gasteiger partial charge in [0.15, 0.2) is 47.4 Å². The molecule has 0 spiro atoms. The number of nitrogens with zero attached hydrogens (tertiary/aromatic N) is 7. The van der Waals surface area contributed by atoms with Crippen LogP contribution in [0.5, 0.6) is 0 Å². The van der Waals surface area contributed by atoms with Gasteiger partial charge in [-0.3, -0.25) is 41.6 Å². The van der Waals surface area contributed by atoms with Crippen LogP contribution >= 0.6 is 36.4 Å². The summed E-state index contributed by atoms with van der Waals surface area (Å²) < 4.78 is 101. The number of nitrogen functional groups attached to an aromatic ring is 1. The Hall–Kier alpha value is -3.18. The van der Waals surface area contributed by atoms with Gasteiger partial charge in [-0.15, -0.1) is 0 Å². The predicted octanol–water partition coefficient (Wildman–Crippen LogP) is 4.74. The second-order valence-electron chi connectivity index (χ2n) is 15.7. The number of carbonyl (C=O) groups excluding carboxylic acids is 2. The molecule has 0 bridgehead atoms. The van der Waals surface area contributed by atoms with Crippen LogP contribution < -0.4 is 11.3 Å². The number of Topliss-reactive ketones (excluding diaryl/α,β-unsaturated/α-hetero) is 2. The van der Waals surface area contributed by atoms with Gasteiger partial charge in [0.2, 0.25) is 0 Å². The van der Waals surface area contributed by atoms with E-state index in [9.17, 15) is 23.5 Å². The van der Waals surface area contributed by atoms with Crippen LogP contribution in [0.4, 0.5) is 14.6 Å². The average molecular weight is 892 g/mol. The molecule has 0 radical (unpaired) electrons. The molecule has 10 atom stereocenters. The summed E-state index contributed by atoms with van der Waals surface area (Å²) >= 11 is 0.961. The van der Waals surface area contributed by atoms with E-state index in [1.807, 2.05) is 0 Å². The lowest BCUT2D eigenvalue weighted by Crippen LogP contribution is -2.37. The van der Waals surface area contributed by atoms with E-state index < -0.39 is 104 Å². The van der Waals surface area contributed by atoms with Crippen LogP contribution in [0.25, 0.3) is 22.3 Å². The van der Waals surface area contributed by atoms with Crippen molar-refractivity contribution in [3.63, 3.8) is 0 Å². The van der Waals surface area contributed by atoms with E-state index in [0.29, 0.717) is 22.8 Å². The van der Waals surface area contributed by atoms with Gasteiger partial charge in [0.1, 0.15) is 47.8 Å². The number of ketones is 2. The molecule has 0 aliphatic carbocycles. The number of alkyl halides is 2. The van der Waals surface area contributed by atoms with Gasteiger partial charge in [0.05, 0.1) is 43.7 Å². The molecule has 7 rings (SSSR count). The van der Waals surface area contributed by atoms with Crippen molar-refractivity contribution in [2.24, 2.45) is 10.8 Å². The summed E-state index contributed by atoms with van der Waals surface area (Å²) in [5.41, 5.74) is 3.64. The van der Waals surface area contributed by atoms with Gasteiger partial charge in [0, 0.05) is 10.8 Å². The maximum Gasteiger partial charge on any atom is 0.390 e. The number of fused-ring (bicyclic) bond motifs is 4. The van der Waals surface area contributed by atoms with Crippen LogP contribution in [-0.4, -0.2) is 112 Å². The number of imidazole rings is 2. The van der Waals surface area contributed by atoms with Crippen LogP contribution in [0, 0.1) is 10.8 Å². The maximum absolute atomic E-state index is 16.8. The first kappa shape index (κ1) is 42.9. The quantitative estimate of drug-likeness (QED) is 0.226. The number of hydrogen-bond acceptors (Lipinski definition) is 19. The Morgan fingerprint density at radius 1 is 0.793 bits per heavy atom. The third-order valence-corrected chi connectivity index (χ3v) is 16.7. The second kappa shape index (κ2) is 16.0. The minimum absolute atomic E-state index is 0.00767. The standard InChI is InChI=1S/C32H41F2N9O11P2S2/c1-31(2,3)17(44)9-57-55(47)50-8-16-24(20(34)30(52-16)43-14-41-22-27(43)38-12-39-28(22)46)54-56(48,58-10-18(45)32(4,5)6)49-7-15-23(53-55)19(33)29(51-15)42-13-40-21-25(35)36-11-37-26(21)42/h11-16,19-20,23-24,29-30H,7-10H2,1-6H3,(H2,35,36,37)(H,38,39,46)/t15?,16?,19-,20-,23-,24-,29?,30?,55?,56?/m1/s1. The minimum atomic E-state index is -4.63. The topological polar surface area (TPSA) is 257 Å². The van der Waals surface area contributed by atoms with E-state index in [2.05, 4.69) is 29.9 Å². The van der Waals surface area contributed by atoms with Gasteiger partial charge >= 0.3 is 13.6 Å². The number of aromatic amines is 1. The van der Waals surface area contributed by atoms with Crippen molar-refractivity contribution < 1.29 is 55.1 Å². The van der Waals surface area contributed by atoms with Gasteiger partial charge in [-0.05, 0) is 22.8 Å². The minimum Gasteiger partial charge on any atom is -0.382 e. The SMILES string of the molecule is CC(C)(C)C(=O)CSP1(=O)OCC2OC(n3cnc4c(=O)[nH]cnc43)[C@H](F)[C@@H]2OP(=O)(SCC(=O)C(C)(C)C)OCC2OC(n3cnc4c(N)ncnc43)[C@H](F)[C@@H]2O1. The maximum atomic E-state index is 16.8. The number of ether oxygens (including phenoxy) is 2. The largest absolute Gasteiger partial charge is 0.390 e. The molecule has 4 aromatic rings. The van der Waals surface area contributed by atoms with Gasteiger partial charge in [-0.25, -0.2) is 42.8 Å². The fourth-order valence-electron chi connectivity index (χ4n) is 5.99. The van der Waals surface area contributed by atoms with Crippen molar-refractivity contribution in [2.75, 3.05) is 30.5 Å². The first-order valence-corrected chi connectivity index (χ1v) is 24.1. The third-order valence-electron chi connectivity index (χ3n) is 9.51. The molecule has 20 nitrogen and oxygen atoms in total. The molecule has 58 heavy (non-hydrogen) atoms. The highest BCUT2D eigenvalue weighted by atomic mass is 32.7. The molecule has 3 saturated heterocycles. The number of hydrogen-bond donors (Lipinski definition) is 2. The summed E-state index contributed by atoms with van der Waals surface area (Å²) in [7, 11) is 0. The van der Waals surface area contributed by atoms with E-state index in [0.717, 1.165) is 23.5 Å². The fraction of sp³-hybridized carbons (Fsp3) is 0.625. The Morgan fingerprint density at radius 3 is 1.74 bits per heavy atom. The number of H-pyrrole nitrogens is 1. The van der Waals surface area contributed by atoms with Crippen molar-refractivity contribution in [3.8, 4) is 0 Å². The molecule has 0 aromatic carbocycles. The Balaban J connectivity index is 1.27. The van der Waals surface area contributed by atoms with E-state index in [-0.39, 0.29) is 39.7 Å². The number of anilines is 1. The highest BCUT2D eigenvalue weighted by Crippen LogP contribution is 2.66. The third kappa shape index (κ3) is 8.55. The van der Waals surface area contributed by atoms with E-state index in [1.54, 1.807) is 41.5 Å². The van der Waals surface area contributed by atoms with Gasteiger partial charge < -0.3 is 20.2 Å². The highest BCUT2D eigenvalue weighted by Gasteiger charge is 2.56. The van der Waals surface area contributed by atoms with Crippen LogP contribution in [0.1, 0.15) is 54.0 Å². The second-order valence-corrected chi connectivity index (χ2v) is 23.7. The molecular weight excluding hydrogens is 850 g/mol. The lowest BCUT2D eigenvalue weighted by molar-refractivity contribution is -0.124. The van der Waals surface area contributed by atoms with Gasteiger partial charge in [0.25, 0.3) is 5.56 Å².